The van der Waals surface area contributed by atoms with E-state index in [4.69, 9.17) is 5.84 Å². The molecule has 3 rings (SSSR count). The molecule has 0 fully saturated rings. The molecule has 4 N–H and O–H groups in total. The molecule has 5 heteroatoms. The molecule has 0 aliphatic heterocycles. The molecule has 0 amide bonds. The molecule has 5 nitrogen and oxygen atoms in total. The third kappa shape index (κ3) is 2.31. The van der Waals surface area contributed by atoms with Crippen LogP contribution in [0, 0.1) is 0 Å². The normalized spacial score (nSPS) is 10.4. The van der Waals surface area contributed by atoms with Gasteiger partial charge in [0.25, 0.3) is 0 Å². The van der Waals surface area contributed by atoms with Gasteiger partial charge in [0.2, 0.25) is 0 Å². The molecule has 0 atom stereocenters. The maximum absolute atomic E-state index is 5.35. The van der Waals surface area contributed by atoms with Gasteiger partial charge in [0.15, 0.2) is 0 Å². The van der Waals surface area contributed by atoms with Gasteiger partial charge in [-0.15, -0.1) is 0 Å². The van der Waals surface area contributed by atoms with E-state index in [2.05, 4.69) is 20.7 Å². The first-order valence-corrected chi connectivity index (χ1v) is 5.90. The Kier molecular flexibility index (Phi) is 2.96. The van der Waals surface area contributed by atoms with Crippen molar-refractivity contribution in [1.29, 1.82) is 0 Å². The first-order chi connectivity index (χ1) is 9.36. The van der Waals surface area contributed by atoms with E-state index in [1.54, 1.807) is 12.4 Å². The number of nitrogens with one attached hydrogen (secondary N) is 2. The van der Waals surface area contributed by atoms with E-state index in [-0.39, 0.29) is 0 Å². The van der Waals surface area contributed by atoms with Crippen LogP contribution >= 0.6 is 0 Å². The van der Waals surface area contributed by atoms with Gasteiger partial charge in [-0.05, 0) is 30.3 Å². The van der Waals surface area contributed by atoms with Gasteiger partial charge in [-0.1, -0.05) is 6.07 Å². The Labute approximate surface area is 110 Å². The SMILES string of the molecule is NNc1cc(Nc2cccc3ncccc23)ccn1. The lowest BCUT2D eigenvalue weighted by molar-refractivity contribution is 1.23. The van der Waals surface area contributed by atoms with Crippen LogP contribution in [0.1, 0.15) is 0 Å². The van der Waals surface area contributed by atoms with Gasteiger partial charge in [-0.25, -0.2) is 10.8 Å². The maximum Gasteiger partial charge on any atom is 0.141 e. The lowest BCUT2D eigenvalue weighted by Crippen LogP contribution is -2.08. The summed E-state index contributed by atoms with van der Waals surface area (Å²) in [6.07, 6.45) is 3.48. The molecule has 0 saturated heterocycles. The van der Waals surface area contributed by atoms with Crippen molar-refractivity contribution in [1.82, 2.24) is 9.97 Å². The highest BCUT2D eigenvalue weighted by Crippen LogP contribution is 2.25. The van der Waals surface area contributed by atoms with Gasteiger partial charge < -0.3 is 10.7 Å². The van der Waals surface area contributed by atoms with Crippen LogP contribution in [0.2, 0.25) is 0 Å². The van der Waals surface area contributed by atoms with Crippen molar-refractivity contribution < 1.29 is 0 Å². The molecule has 0 aliphatic carbocycles. The highest BCUT2D eigenvalue weighted by atomic mass is 15.2. The molecule has 19 heavy (non-hydrogen) atoms. The predicted molar refractivity (Wildman–Crippen MR) is 77.1 cm³/mol. The van der Waals surface area contributed by atoms with Gasteiger partial charge in [0.05, 0.1) is 5.52 Å². The van der Waals surface area contributed by atoms with Crippen LogP contribution in [0.4, 0.5) is 17.2 Å². The number of benzene rings is 1. The fourth-order valence-corrected chi connectivity index (χ4v) is 1.96. The first-order valence-electron chi connectivity index (χ1n) is 5.90. The molecule has 0 spiro atoms. The zero-order chi connectivity index (χ0) is 13.1. The molecule has 2 heterocycles. The lowest BCUT2D eigenvalue weighted by atomic mass is 10.2. The standard InChI is InChI=1S/C14H13N5/c15-19-14-9-10(6-8-17-14)18-13-5-1-4-12-11(13)3-2-7-16-12/h1-9H,15H2,(H2,17,18,19). The Balaban J connectivity index is 2.01. The average Bonchev–Trinajstić information content (AvgIpc) is 2.48. The highest BCUT2D eigenvalue weighted by molar-refractivity contribution is 5.93. The van der Waals surface area contributed by atoms with Crippen molar-refractivity contribution in [3.05, 3.63) is 54.9 Å². The number of nitrogens with two attached hydrogens (primary N) is 1. The lowest BCUT2D eigenvalue weighted by Gasteiger charge is -2.10. The van der Waals surface area contributed by atoms with Gasteiger partial charge in [-0.3, -0.25) is 4.98 Å². The fraction of sp³-hybridized carbons (Fsp3) is 0. The number of anilines is 3. The second-order valence-electron chi connectivity index (χ2n) is 4.07. The third-order valence-electron chi connectivity index (χ3n) is 2.83. The number of nitrogen functional groups attached to an aromatic ring is 1. The van der Waals surface area contributed by atoms with Gasteiger partial charge in [-0.2, -0.15) is 0 Å². The molecule has 0 unspecified atom stereocenters. The largest absolute Gasteiger partial charge is 0.355 e. The number of hydrogen-bond donors (Lipinski definition) is 3. The third-order valence-corrected chi connectivity index (χ3v) is 2.83. The molecule has 2 aromatic heterocycles. The maximum atomic E-state index is 5.35. The summed E-state index contributed by atoms with van der Waals surface area (Å²) >= 11 is 0. The van der Waals surface area contributed by atoms with E-state index < -0.39 is 0 Å². The monoisotopic (exact) mass is 251 g/mol. The minimum absolute atomic E-state index is 0.614. The van der Waals surface area contributed by atoms with Crippen LogP contribution in [0.15, 0.2) is 54.9 Å². The molecule has 0 aliphatic rings. The van der Waals surface area contributed by atoms with Crippen LogP contribution in [-0.2, 0) is 0 Å². The molecule has 1 aromatic carbocycles. The number of nitrogens with zero attached hydrogens (tertiary/aromatic N) is 2. The average molecular weight is 251 g/mol. The summed E-state index contributed by atoms with van der Waals surface area (Å²) in [4.78, 5) is 8.41. The van der Waals surface area contributed by atoms with Crippen LogP contribution in [0.5, 0.6) is 0 Å². The van der Waals surface area contributed by atoms with E-state index in [1.165, 1.54) is 0 Å². The van der Waals surface area contributed by atoms with Crippen LogP contribution in [-0.4, -0.2) is 9.97 Å². The number of hydrazine groups is 1. The Bertz CT molecular complexity index is 706. The van der Waals surface area contributed by atoms with Crippen molar-refractivity contribution in [3.63, 3.8) is 0 Å². The van der Waals surface area contributed by atoms with E-state index in [9.17, 15) is 0 Å². The number of pyridine rings is 2. The molecular formula is C14H13N5. The quantitative estimate of drug-likeness (QED) is 0.493. The summed E-state index contributed by atoms with van der Waals surface area (Å²) < 4.78 is 0. The summed E-state index contributed by atoms with van der Waals surface area (Å²) in [6.45, 7) is 0. The van der Waals surface area contributed by atoms with Gasteiger partial charge in [0, 0.05) is 35.2 Å². The minimum atomic E-state index is 0.614. The van der Waals surface area contributed by atoms with Crippen molar-refractivity contribution in [2.24, 2.45) is 5.84 Å². The molecular weight excluding hydrogens is 238 g/mol. The smallest absolute Gasteiger partial charge is 0.141 e. The zero-order valence-corrected chi connectivity index (χ0v) is 10.2. The topological polar surface area (TPSA) is 75.9 Å². The predicted octanol–water partition coefficient (Wildman–Crippen LogP) is 2.66. The second kappa shape index (κ2) is 4.91. The molecule has 94 valence electrons. The van der Waals surface area contributed by atoms with E-state index >= 15 is 0 Å². The molecule has 0 bridgehead atoms. The van der Waals surface area contributed by atoms with Crippen molar-refractivity contribution >= 4 is 28.1 Å². The Morgan fingerprint density at radius 2 is 1.89 bits per heavy atom. The van der Waals surface area contributed by atoms with Crippen molar-refractivity contribution in [2.45, 2.75) is 0 Å². The Morgan fingerprint density at radius 3 is 2.79 bits per heavy atom. The summed E-state index contributed by atoms with van der Waals surface area (Å²) in [5.41, 5.74) is 5.40. The molecule has 0 radical (unpaired) electrons. The van der Waals surface area contributed by atoms with Crippen LogP contribution in [0.25, 0.3) is 10.9 Å². The summed E-state index contributed by atoms with van der Waals surface area (Å²) in [5, 5.41) is 4.42. The highest BCUT2D eigenvalue weighted by Gasteiger charge is 2.02. The van der Waals surface area contributed by atoms with Crippen LogP contribution < -0.4 is 16.6 Å². The Hall–Kier alpha value is -2.66. The van der Waals surface area contributed by atoms with Crippen molar-refractivity contribution in [2.75, 3.05) is 10.7 Å². The number of aromatic nitrogens is 2. The van der Waals surface area contributed by atoms with E-state index in [0.29, 0.717) is 5.82 Å². The Morgan fingerprint density at radius 1 is 0.947 bits per heavy atom. The fourth-order valence-electron chi connectivity index (χ4n) is 1.96. The van der Waals surface area contributed by atoms with E-state index in [0.717, 1.165) is 22.3 Å². The minimum Gasteiger partial charge on any atom is -0.355 e. The second-order valence-corrected chi connectivity index (χ2v) is 4.07. The van der Waals surface area contributed by atoms with Gasteiger partial charge in [0.1, 0.15) is 5.82 Å². The van der Waals surface area contributed by atoms with Crippen LogP contribution in [0.3, 0.4) is 0 Å². The number of fused-ring (bicyclic) bond motifs is 1. The van der Waals surface area contributed by atoms with E-state index in [1.807, 2.05) is 42.5 Å². The first kappa shape index (κ1) is 11.4. The zero-order valence-electron chi connectivity index (χ0n) is 10.2. The summed E-state index contributed by atoms with van der Waals surface area (Å²) in [7, 11) is 0. The van der Waals surface area contributed by atoms with Crippen molar-refractivity contribution in [3.8, 4) is 0 Å². The number of hydrogen-bond acceptors (Lipinski definition) is 5. The molecule has 3 aromatic rings. The summed E-state index contributed by atoms with van der Waals surface area (Å²) in [6, 6.07) is 13.7. The summed E-state index contributed by atoms with van der Waals surface area (Å²) in [5.74, 6) is 5.97. The molecule has 0 saturated carbocycles. The number of rotatable bonds is 3. The van der Waals surface area contributed by atoms with Gasteiger partial charge >= 0.3 is 0 Å².